The molecule has 0 spiro atoms. The molecule has 18 heavy (non-hydrogen) atoms. The van der Waals surface area contributed by atoms with Gasteiger partial charge >= 0.3 is 0 Å². The number of nitrogens with two attached hydrogens (primary N) is 1. The van der Waals surface area contributed by atoms with Crippen LogP contribution in [0.2, 0.25) is 0 Å². The van der Waals surface area contributed by atoms with Crippen LogP contribution in [0.15, 0.2) is 18.2 Å². The van der Waals surface area contributed by atoms with E-state index < -0.39 is 0 Å². The van der Waals surface area contributed by atoms with Gasteiger partial charge in [-0.05, 0) is 31.0 Å². The smallest absolute Gasteiger partial charge is 0.251 e. The minimum atomic E-state index is -0.134. The Kier molecular flexibility index (Phi) is 5.45. The van der Waals surface area contributed by atoms with Gasteiger partial charge in [-0.1, -0.05) is 0 Å². The van der Waals surface area contributed by atoms with E-state index in [0.717, 1.165) is 12.1 Å². The fourth-order valence-corrected chi connectivity index (χ4v) is 1.64. The Bertz CT molecular complexity index is 405. The normalized spacial score (nSPS) is 10.2. The molecule has 0 aliphatic heterocycles. The molecule has 0 saturated carbocycles. The molecule has 1 rings (SSSR count). The Balaban J connectivity index is 2.61. The van der Waals surface area contributed by atoms with Gasteiger partial charge in [-0.15, -0.1) is 0 Å². The molecule has 1 aromatic carbocycles. The number of aliphatic hydroxyl groups is 1. The lowest BCUT2D eigenvalue weighted by molar-refractivity contribution is 0.0952. The molecular weight excluding hydrogens is 230 g/mol. The molecule has 0 bridgehead atoms. The number of nitrogens with one attached hydrogen (secondary N) is 1. The van der Waals surface area contributed by atoms with E-state index in [1.54, 1.807) is 12.1 Å². The van der Waals surface area contributed by atoms with Gasteiger partial charge in [-0.25, -0.2) is 0 Å². The predicted molar refractivity (Wildman–Crippen MR) is 73.8 cm³/mol. The van der Waals surface area contributed by atoms with Gasteiger partial charge in [-0.2, -0.15) is 0 Å². The predicted octanol–water partition coefficient (Wildman–Crippen LogP) is 0.837. The number of carbonyl (C=O) groups is 1. The molecule has 100 valence electrons. The second kappa shape index (κ2) is 6.86. The number of anilines is 2. The maximum atomic E-state index is 11.8. The van der Waals surface area contributed by atoms with E-state index in [4.69, 9.17) is 10.8 Å². The van der Waals surface area contributed by atoms with E-state index in [1.165, 1.54) is 0 Å². The highest BCUT2D eigenvalue weighted by Crippen LogP contribution is 2.22. The Morgan fingerprint density at radius 3 is 2.67 bits per heavy atom. The van der Waals surface area contributed by atoms with Gasteiger partial charge in [0.05, 0.1) is 11.4 Å². The first kappa shape index (κ1) is 14.3. The molecule has 0 aromatic heterocycles. The van der Waals surface area contributed by atoms with Crippen molar-refractivity contribution < 1.29 is 9.90 Å². The minimum absolute atomic E-state index is 0.134. The molecule has 5 nitrogen and oxygen atoms in total. The summed E-state index contributed by atoms with van der Waals surface area (Å²) in [6.45, 7) is 0.717. The van der Waals surface area contributed by atoms with Crippen LogP contribution in [-0.2, 0) is 0 Å². The van der Waals surface area contributed by atoms with E-state index in [2.05, 4.69) is 5.32 Å². The number of unbranched alkanes of at least 4 members (excludes halogenated alkanes) is 1. The van der Waals surface area contributed by atoms with Crippen molar-refractivity contribution in [2.75, 3.05) is 37.9 Å². The lowest BCUT2D eigenvalue weighted by atomic mass is 10.1. The van der Waals surface area contributed by atoms with Gasteiger partial charge in [-0.3, -0.25) is 4.79 Å². The molecule has 1 aromatic rings. The van der Waals surface area contributed by atoms with Crippen LogP contribution >= 0.6 is 0 Å². The summed E-state index contributed by atoms with van der Waals surface area (Å²) in [6.07, 6.45) is 1.47. The van der Waals surface area contributed by atoms with Crippen LogP contribution in [0.1, 0.15) is 23.2 Å². The van der Waals surface area contributed by atoms with E-state index >= 15 is 0 Å². The first-order valence-corrected chi connectivity index (χ1v) is 6.02. The molecule has 0 unspecified atom stereocenters. The number of aliphatic hydroxyl groups excluding tert-OH is 1. The fourth-order valence-electron chi connectivity index (χ4n) is 1.64. The van der Waals surface area contributed by atoms with Crippen LogP contribution in [0.25, 0.3) is 0 Å². The van der Waals surface area contributed by atoms with Crippen LogP contribution in [0.4, 0.5) is 11.4 Å². The second-order valence-electron chi connectivity index (χ2n) is 4.35. The molecule has 1 amide bonds. The summed E-state index contributed by atoms with van der Waals surface area (Å²) >= 11 is 0. The van der Waals surface area contributed by atoms with Crippen molar-refractivity contribution in [1.82, 2.24) is 5.32 Å². The molecule has 5 heteroatoms. The van der Waals surface area contributed by atoms with Crippen molar-refractivity contribution in [2.24, 2.45) is 0 Å². The number of hydrogen-bond donors (Lipinski definition) is 3. The van der Waals surface area contributed by atoms with Gasteiger partial charge in [0.25, 0.3) is 5.91 Å². The van der Waals surface area contributed by atoms with Crippen LogP contribution in [-0.4, -0.2) is 38.3 Å². The van der Waals surface area contributed by atoms with E-state index in [9.17, 15) is 4.79 Å². The molecule has 0 aliphatic rings. The molecule has 0 saturated heterocycles. The number of carbonyl (C=O) groups excluding carboxylic acids is 1. The first-order chi connectivity index (χ1) is 8.56. The number of nitrogen functional groups attached to an aromatic ring is 1. The monoisotopic (exact) mass is 251 g/mol. The van der Waals surface area contributed by atoms with Gasteiger partial charge in [0.1, 0.15) is 0 Å². The number of nitrogens with zero attached hydrogens (tertiary/aromatic N) is 1. The molecule has 0 radical (unpaired) electrons. The summed E-state index contributed by atoms with van der Waals surface area (Å²) in [6, 6.07) is 5.27. The van der Waals surface area contributed by atoms with Crippen molar-refractivity contribution in [1.29, 1.82) is 0 Å². The van der Waals surface area contributed by atoms with Gasteiger partial charge in [0, 0.05) is 32.8 Å². The summed E-state index contributed by atoms with van der Waals surface area (Å²) in [5.41, 5.74) is 7.92. The summed E-state index contributed by atoms with van der Waals surface area (Å²) in [5, 5.41) is 11.4. The summed E-state index contributed by atoms with van der Waals surface area (Å²) in [5.74, 6) is -0.134. The van der Waals surface area contributed by atoms with Crippen molar-refractivity contribution in [3.8, 4) is 0 Å². The Hall–Kier alpha value is -1.75. The Labute approximate surface area is 108 Å². The topological polar surface area (TPSA) is 78.6 Å². The molecule has 4 N–H and O–H groups in total. The largest absolute Gasteiger partial charge is 0.397 e. The zero-order chi connectivity index (χ0) is 13.5. The third-order valence-electron chi connectivity index (χ3n) is 2.64. The Morgan fingerprint density at radius 2 is 2.11 bits per heavy atom. The third kappa shape index (κ3) is 3.92. The van der Waals surface area contributed by atoms with Crippen molar-refractivity contribution >= 4 is 17.3 Å². The summed E-state index contributed by atoms with van der Waals surface area (Å²) in [7, 11) is 3.81. The Morgan fingerprint density at radius 1 is 1.39 bits per heavy atom. The number of hydrogen-bond acceptors (Lipinski definition) is 4. The molecule has 0 heterocycles. The standard InChI is InChI=1S/C13H21N3O2/c1-16(2)12-6-5-10(9-11(12)14)13(18)15-7-3-4-8-17/h5-6,9,17H,3-4,7-8,14H2,1-2H3,(H,15,18). The quantitative estimate of drug-likeness (QED) is 0.517. The maximum Gasteiger partial charge on any atom is 0.251 e. The molecule has 0 fully saturated rings. The number of amides is 1. The fraction of sp³-hybridized carbons (Fsp3) is 0.462. The average molecular weight is 251 g/mol. The second-order valence-corrected chi connectivity index (χ2v) is 4.35. The van der Waals surface area contributed by atoms with E-state index in [-0.39, 0.29) is 12.5 Å². The SMILES string of the molecule is CN(C)c1ccc(C(=O)NCCCCO)cc1N. The van der Waals surface area contributed by atoms with E-state index in [1.807, 2.05) is 25.1 Å². The summed E-state index contributed by atoms with van der Waals surface area (Å²) < 4.78 is 0. The van der Waals surface area contributed by atoms with Crippen LogP contribution in [0.3, 0.4) is 0 Å². The number of benzene rings is 1. The van der Waals surface area contributed by atoms with Gasteiger partial charge in [0.15, 0.2) is 0 Å². The van der Waals surface area contributed by atoms with Crippen LogP contribution in [0.5, 0.6) is 0 Å². The molecular formula is C13H21N3O2. The highest BCUT2D eigenvalue weighted by atomic mass is 16.2. The number of rotatable bonds is 6. The summed E-state index contributed by atoms with van der Waals surface area (Å²) in [4.78, 5) is 13.7. The minimum Gasteiger partial charge on any atom is -0.397 e. The maximum absolute atomic E-state index is 11.8. The molecule has 0 aliphatic carbocycles. The first-order valence-electron chi connectivity index (χ1n) is 6.02. The zero-order valence-corrected chi connectivity index (χ0v) is 10.9. The van der Waals surface area contributed by atoms with Crippen molar-refractivity contribution in [2.45, 2.75) is 12.8 Å². The third-order valence-corrected chi connectivity index (χ3v) is 2.64. The van der Waals surface area contributed by atoms with Crippen molar-refractivity contribution in [3.63, 3.8) is 0 Å². The van der Waals surface area contributed by atoms with Crippen LogP contribution < -0.4 is 16.0 Å². The highest BCUT2D eigenvalue weighted by molar-refractivity contribution is 5.96. The van der Waals surface area contributed by atoms with Crippen LogP contribution in [0, 0.1) is 0 Å². The lowest BCUT2D eigenvalue weighted by Crippen LogP contribution is -2.25. The molecule has 0 atom stereocenters. The average Bonchev–Trinajstić information content (AvgIpc) is 2.33. The van der Waals surface area contributed by atoms with Gasteiger partial charge < -0.3 is 21.1 Å². The lowest BCUT2D eigenvalue weighted by Gasteiger charge is -2.15. The highest BCUT2D eigenvalue weighted by Gasteiger charge is 2.08. The van der Waals surface area contributed by atoms with E-state index in [0.29, 0.717) is 24.2 Å². The van der Waals surface area contributed by atoms with Crippen molar-refractivity contribution in [3.05, 3.63) is 23.8 Å². The zero-order valence-electron chi connectivity index (χ0n) is 10.9. The van der Waals surface area contributed by atoms with Gasteiger partial charge in [0.2, 0.25) is 0 Å².